The second-order valence-electron chi connectivity index (χ2n) is 6.15. The number of nitrogens with zero attached hydrogens (tertiary/aromatic N) is 3. The van der Waals surface area contributed by atoms with Crippen molar-refractivity contribution in [1.29, 1.82) is 0 Å². The Hall–Kier alpha value is -2.10. The van der Waals surface area contributed by atoms with Gasteiger partial charge in [0.1, 0.15) is 5.82 Å². The lowest BCUT2D eigenvalue weighted by Crippen LogP contribution is -2.30. The van der Waals surface area contributed by atoms with E-state index in [1.165, 1.54) is 19.3 Å². The van der Waals surface area contributed by atoms with Crippen molar-refractivity contribution in [3.63, 3.8) is 0 Å². The summed E-state index contributed by atoms with van der Waals surface area (Å²) in [4.78, 5) is 11.8. The Morgan fingerprint density at radius 2 is 1.73 bits per heavy atom. The fraction of sp³-hybridized carbons (Fsp3) is 0.444. The van der Waals surface area contributed by atoms with Crippen LogP contribution < -0.4 is 10.2 Å². The molecule has 116 valence electrons. The molecule has 0 radical (unpaired) electrons. The smallest absolute Gasteiger partial charge is 0.225 e. The number of hydrogen-bond donors (Lipinski definition) is 1. The zero-order valence-electron chi connectivity index (χ0n) is 13.4. The van der Waals surface area contributed by atoms with E-state index in [0.29, 0.717) is 6.04 Å². The zero-order valence-corrected chi connectivity index (χ0v) is 13.4. The first-order chi connectivity index (χ1) is 10.7. The van der Waals surface area contributed by atoms with Crippen molar-refractivity contribution in [2.24, 2.45) is 0 Å². The normalized spacial score (nSPS) is 15.1. The molecular weight excluding hydrogens is 272 g/mol. The number of aromatic nitrogens is 2. The number of benzene rings is 1. The van der Waals surface area contributed by atoms with Gasteiger partial charge in [0, 0.05) is 30.8 Å². The van der Waals surface area contributed by atoms with Gasteiger partial charge in [-0.15, -0.1) is 0 Å². The number of nitrogens with one attached hydrogen (secondary N) is 1. The molecule has 0 atom stereocenters. The molecule has 3 rings (SSSR count). The molecule has 0 amide bonds. The number of anilines is 2. The third kappa shape index (κ3) is 3.56. The highest BCUT2D eigenvalue weighted by atomic mass is 15.2. The van der Waals surface area contributed by atoms with Crippen LogP contribution in [-0.2, 0) is 0 Å². The SMILES string of the molecule is CC(C)Nc1nc(-c2ccccc2)cc(N2CCCCC2)n1. The lowest BCUT2D eigenvalue weighted by atomic mass is 10.1. The van der Waals surface area contributed by atoms with Crippen LogP contribution in [0.15, 0.2) is 36.4 Å². The summed E-state index contributed by atoms with van der Waals surface area (Å²) in [6, 6.07) is 12.8. The van der Waals surface area contributed by atoms with Gasteiger partial charge in [0.15, 0.2) is 0 Å². The molecular formula is C18H24N4. The molecule has 1 aromatic heterocycles. The first-order valence-electron chi connectivity index (χ1n) is 8.18. The summed E-state index contributed by atoms with van der Waals surface area (Å²) in [6.45, 7) is 6.40. The van der Waals surface area contributed by atoms with Crippen LogP contribution in [0.25, 0.3) is 11.3 Å². The fourth-order valence-corrected chi connectivity index (χ4v) is 2.80. The van der Waals surface area contributed by atoms with Crippen LogP contribution in [0.2, 0.25) is 0 Å². The Balaban J connectivity index is 1.97. The van der Waals surface area contributed by atoms with E-state index in [2.05, 4.69) is 47.2 Å². The van der Waals surface area contributed by atoms with Gasteiger partial charge in [0.25, 0.3) is 0 Å². The Morgan fingerprint density at radius 1 is 1.00 bits per heavy atom. The van der Waals surface area contributed by atoms with Crippen LogP contribution in [0.4, 0.5) is 11.8 Å². The molecule has 1 N–H and O–H groups in total. The molecule has 4 nitrogen and oxygen atoms in total. The predicted molar refractivity (Wildman–Crippen MR) is 92.3 cm³/mol. The Kier molecular flexibility index (Phi) is 4.56. The van der Waals surface area contributed by atoms with Gasteiger partial charge < -0.3 is 10.2 Å². The summed E-state index contributed by atoms with van der Waals surface area (Å²) >= 11 is 0. The van der Waals surface area contributed by atoms with Crippen molar-refractivity contribution < 1.29 is 0 Å². The molecule has 22 heavy (non-hydrogen) atoms. The Labute approximate surface area is 132 Å². The van der Waals surface area contributed by atoms with E-state index in [0.717, 1.165) is 36.1 Å². The minimum Gasteiger partial charge on any atom is -0.356 e. The lowest BCUT2D eigenvalue weighted by Gasteiger charge is -2.28. The number of rotatable bonds is 4. The van der Waals surface area contributed by atoms with Gasteiger partial charge in [-0.05, 0) is 33.1 Å². The van der Waals surface area contributed by atoms with Crippen LogP contribution in [0, 0.1) is 0 Å². The van der Waals surface area contributed by atoms with Gasteiger partial charge in [-0.3, -0.25) is 0 Å². The largest absolute Gasteiger partial charge is 0.356 e. The van der Waals surface area contributed by atoms with Crippen LogP contribution in [0.5, 0.6) is 0 Å². The zero-order chi connectivity index (χ0) is 15.4. The molecule has 1 fully saturated rings. The fourth-order valence-electron chi connectivity index (χ4n) is 2.80. The van der Waals surface area contributed by atoms with Crippen molar-refractivity contribution >= 4 is 11.8 Å². The molecule has 2 aromatic rings. The maximum absolute atomic E-state index is 4.73. The summed E-state index contributed by atoms with van der Waals surface area (Å²) < 4.78 is 0. The summed E-state index contributed by atoms with van der Waals surface area (Å²) in [5, 5.41) is 3.35. The molecule has 1 aliphatic rings. The molecule has 0 spiro atoms. The van der Waals surface area contributed by atoms with Gasteiger partial charge in [-0.1, -0.05) is 30.3 Å². The molecule has 0 aliphatic carbocycles. The first-order valence-corrected chi connectivity index (χ1v) is 8.18. The van der Waals surface area contributed by atoms with E-state index in [-0.39, 0.29) is 0 Å². The first kappa shape index (κ1) is 14.8. The Bertz CT molecular complexity index is 604. The lowest BCUT2D eigenvalue weighted by molar-refractivity contribution is 0.573. The third-order valence-electron chi connectivity index (χ3n) is 3.88. The van der Waals surface area contributed by atoms with Crippen LogP contribution >= 0.6 is 0 Å². The number of piperidine rings is 1. The maximum atomic E-state index is 4.73. The van der Waals surface area contributed by atoms with Crippen LogP contribution in [-0.4, -0.2) is 29.1 Å². The summed E-state index contributed by atoms with van der Waals surface area (Å²) in [5.41, 5.74) is 2.12. The van der Waals surface area contributed by atoms with Gasteiger partial charge in [0.2, 0.25) is 5.95 Å². The highest BCUT2D eigenvalue weighted by Crippen LogP contribution is 2.25. The second-order valence-corrected chi connectivity index (χ2v) is 6.15. The minimum absolute atomic E-state index is 0.320. The van der Waals surface area contributed by atoms with Crippen molar-refractivity contribution in [1.82, 2.24) is 9.97 Å². The monoisotopic (exact) mass is 296 g/mol. The number of hydrogen-bond acceptors (Lipinski definition) is 4. The van der Waals surface area contributed by atoms with Gasteiger partial charge in [-0.25, -0.2) is 4.98 Å². The molecule has 4 heteroatoms. The third-order valence-corrected chi connectivity index (χ3v) is 3.88. The average molecular weight is 296 g/mol. The van der Waals surface area contributed by atoms with Crippen molar-refractivity contribution in [2.45, 2.75) is 39.2 Å². The average Bonchev–Trinajstić information content (AvgIpc) is 2.55. The van der Waals surface area contributed by atoms with Crippen LogP contribution in [0.3, 0.4) is 0 Å². The molecule has 1 saturated heterocycles. The highest BCUT2D eigenvalue weighted by Gasteiger charge is 2.15. The summed E-state index contributed by atoms with van der Waals surface area (Å²) in [6.07, 6.45) is 3.82. The summed E-state index contributed by atoms with van der Waals surface area (Å²) in [7, 11) is 0. The van der Waals surface area contributed by atoms with Crippen LogP contribution in [0.1, 0.15) is 33.1 Å². The Morgan fingerprint density at radius 3 is 2.41 bits per heavy atom. The van der Waals surface area contributed by atoms with Crippen molar-refractivity contribution in [3.8, 4) is 11.3 Å². The molecule has 0 saturated carbocycles. The molecule has 2 heterocycles. The topological polar surface area (TPSA) is 41.1 Å². The second kappa shape index (κ2) is 6.77. The van der Waals surface area contributed by atoms with E-state index in [9.17, 15) is 0 Å². The molecule has 0 unspecified atom stereocenters. The van der Waals surface area contributed by atoms with Crippen molar-refractivity contribution in [3.05, 3.63) is 36.4 Å². The van der Waals surface area contributed by atoms with E-state index in [4.69, 9.17) is 4.98 Å². The van der Waals surface area contributed by atoms with E-state index in [1.54, 1.807) is 0 Å². The summed E-state index contributed by atoms with van der Waals surface area (Å²) in [5.74, 6) is 1.76. The van der Waals surface area contributed by atoms with E-state index >= 15 is 0 Å². The molecule has 0 bridgehead atoms. The van der Waals surface area contributed by atoms with Gasteiger partial charge in [0.05, 0.1) is 5.69 Å². The molecule has 1 aliphatic heterocycles. The van der Waals surface area contributed by atoms with E-state index in [1.807, 2.05) is 18.2 Å². The molecule has 1 aromatic carbocycles. The van der Waals surface area contributed by atoms with Gasteiger partial charge >= 0.3 is 0 Å². The highest BCUT2D eigenvalue weighted by molar-refractivity contribution is 5.64. The minimum atomic E-state index is 0.320. The van der Waals surface area contributed by atoms with Gasteiger partial charge in [-0.2, -0.15) is 4.98 Å². The predicted octanol–water partition coefficient (Wildman–Crippen LogP) is 3.95. The van der Waals surface area contributed by atoms with E-state index < -0.39 is 0 Å². The quantitative estimate of drug-likeness (QED) is 0.927. The standard InChI is InChI=1S/C18H24N4/c1-14(2)19-18-20-16(15-9-5-3-6-10-15)13-17(21-18)22-11-7-4-8-12-22/h3,5-6,9-10,13-14H,4,7-8,11-12H2,1-2H3,(H,19,20,21). The van der Waals surface area contributed by atoms with Crippen molar-refractivity contribution in [2.75, 3.05) is 23.3 Å². The maximum Gasteiger partial charge on any atom is 0.225 e.